The van der Waals surface area contributed by atoms with E-state index in [2.05, 4.69) is 10.6 Å². The Morgan fingerprint density at radius 1 is 0.821 bits per heavy atom. The van der Waals surface area contributed by atoms with Gasteiger partial charge in [-0.1, -0.05) is 6.07 Å². The summed E-state index contributed by atoms with van der Waals surface area (Å²) in [6.45, 7) is 1.62. The largest absolute Gasteiger partial charge is 0.339 e. The first kappa shape index (κ1) is 18.2. The zero-order valence-electron chi connectivity index (χ0n) is 15.6. The van der Waals surface area contributed by atoms with Crippen LogP contribution in [0.15, 0.2) is 48.5 Å². The molecule has 2 aliphatic rings. The fourth-order valence-corrected chi connectivity index (χ4v) is 3.33. The molecule has 28 heavy (non-hydrogen) atoms. The van der Waals surface area contributed by atoms with Gasteiger partial charge in [-0.15, -0.1) is 0 Å². The van der Waals surface area contributed by atoms with Crippen LogP contribution in [-0.4, -0.2) is 35.7 Å². The molecule has 3 amide bonds. The van der Waals surface area contributed by atoms with Crippen molar-refractivity contribution < 1.29 is 14.4 Å². The molecule has 2 fully saturated rings. The summed E-state index contributed by atoms with van der Waals surface area (Å²) >= 11 is 0. The summed E-state index contributed by atoms with van der Waals surface area (Å²) in [6.07, 6.45) is 3.98. The normalized spacial score (nSPS) is 15.9. The first-order chi connectivity index (χ1) is 13.6. The van der Waals surface area contributed by atoms with Gasteiger partial charge >= 0.3 is 0 Å². The van der Waals surface area contributed by atoms with Crippen molar-refractivity contribution in [3.05, 3.63) is 59.7 Å². The van der Waals surface area contributed by atoms with Crippen LogP contribution in [0.25, 0.3) is 0 Å². The minimum absolute atomic E-state index is 0.0100. The van der Waals surface area contributed by atoms with E-state index >= 15 is 0 Å². The molecule has 0 unspecified atom stereocenters. The highest BCUT2D eigenvalue weighted by molar-refractivity contribution is 6.05. The monoisotopic (exact) mass is 377 g/mol. The van der Waals surface area contributed by atoms with E-state index in [9.17, 15) is 14.4 Å². The number of hydrogen-bond acceptors (Lipinski definition) is 3. The molecule has 1 heterocycles. The van der Waals surface area contributed by atoms with E-state index in [0.717, 1.165) is 38.8 Å². The van der Waals surface area contributed by atoms with E-state index in [1.54, 1.807) is 48.5 Å². The summed E-state index contributed by atoms with van der Waals surface area (Å²) < 4.78 is 0. The Hall–Kier alpha value is -3.15. The van der Waals surface area contributed by atoms with E-state index in [4.69, 9.17) is 0 Å². The van der Waals surface area contributed by atoms with Crippen molar-refractivity contribution >= 4 is 29.1 Å². The quantitative estimate of drug-likeness (QED) is 0.837. The molecule has 2 aromatic rings. The van der Waals surface area contributed by atoms with Gasteiger partial charge < -0.3 is 15.5 Å². The van der Waals surface area contributed by atoms with Gasteiger partial charge in [0.05, 0.1) is 0 Å². The highest BCUT2D eigenvalue weighted by Crippen LogP contribution is 2.30. The first-order valence-corrected chi connectivity index (χ1v) is 9.72. The maximum atomic E-state index is 12.5. The number of rotatable bonds is 5. The summed E-state index contributed by atoms with van der Waals surface area (Å²) in [5.74, 6) is -0.106. The molecule has 0 radical (unpaired) electrons. The minimum atomic E-state index is -0.263. The van der Waals surface area contributed by atoms with Crippen LogP contribution in [0.3, 0.4) is 0 Å². The Morgan fingerprint density at radius 3 is 2.21 bits per heavy atom. The molecule has 1 aliphatic heterocycles. The number of amides is 3. The fraction of sp³-hybridized carbons (Fsp3) is 0.318. The predicted octanol–water partition coefficient (Wildman–Crippen LogP) is 3.52. The molecule has 6 heteroatoms. The Kier molecular flexibility index (Phi) is 5.10. The van der Waals surface area contributed by atoms with Crippen molar-refractivity contribution in [1.29, 1.82) is 0 Å². The Morgan fingerprint density at radius 2 is 1.54 bits per heavy atom. The van der Waals surface area contributed by atoms with Gasteiger partial charge in [-0.25, -0.2) is 0 Å². The lowest BCUT2D eigenvalue weighted by molar-refractivity contribution is -0.117. The molecule has 0 atom stereocenters. The number of nitrogens with zero attached hydrogens (tertiary/aromatic N) is 1. The van der Waals surface area contributed by atoms with E-state index in [1.165, 1.54) is 0 Å². The molecular weight excluding hydrogens is 354 g/mol. The summed E-state index contributed by atoms with van der Waals surface area (Å²) in [7, 11) is 0. The standard InChI is InChI=1S/C22H23N3O3/c26-20(15-6-7-15)24-19-5-3-4-17(14-19)21(27)23-18-10-8-16(9-11-18)22(28)25-12-1-2-13-25/h3-5,8-11,14-15H,1-2,6-7,12-13H2,(H,23,27)(H,24,26). The van der Waals surface area contributed by atoms with Crippen molar-refractivity contribution in [3.63, 3.8) is 0 Å². The number of hydrogen-bond donors (Lipinski definition) is 2. The molecule has 2 aromatic carbocycles. The first-order valence-electron chi connectivity index (χ1n) is 9.72. The van der Waals surface area contributed by atoms with Crippen molar-refractivity contribution in [3.8, 4) is 0 Å². The van der Waals surface area contributed by atoms with Crippen molar-refractivity contribution in [2.45, 2.75) is 25.7 Å². The van der Waals surface area contributed by atoms with Gasteiger partial charge in [0.25, 0.3) is 11.8 Å². The van der Waals surface area contributed by atoms with E-state index in [0.29, 0.717) is 22.5 Å². The predicted molar refractivity (Wildman–Crippen MR) is 107 cm³/mol. The lowest BCUT2D eigenvalue weighted by atomic mass is 10.1. The lowest BCUT2D eigenvalue weighted by Gasteiger charge is -2.15. The molecule has 1 saturated heterocycles. The van der Waals surface area contributed by atoms with Crippen LogP contribution in [0, 0.1) is 5.92 Å². The number of nitrogens with one attached hydrogen (secondary N) is 2. The number of likely N-dealkylation sites (tertiary alicyclic amines) is 1. The number of carbonyl (C=O) groups is 3. The molecule has 144 valence electrons. The van der Waals surface area contributed by atoms with E-state index in [1.807, 2.05) is 4.90 Å². The van der Waals surface area contributed by atoms with Crippen LogP contribution in [0.2, 0.25) is 0 Å². The van der Waals surface area contributed by atoms with Gasteiger partial charge in [-0.3, -0.25) is 14.4 Å². The molecular formula is C22H23N3O3. The maximum Gasteiger partial charge on any atom is 0.255 e. The highest BCUT2D eigenvalue weighted by Gasteiger charge is 2.29. The molecule has 0 bridgehead atoms. The second-order valence-corrected chi connectivity index (χ2v) is 7.38. The van der Waals surface area contributed by atoms with E-state index in [-0.39, 0.29) is 23.6 Å². The highest BCUT2D eigenvalue weighted by atomic mass is 16.2. The van der Waals surface area contributed by atoms with Gasteiger partial charge in [0, 0.05) is 41.5 Å². The van der Waals surface area contributed by atoms with Crippen LogP contribution >= 0.6 is 0 Å². The molecule has 1 saturated carbocycles. The molecule has 1 aliphatic carbocycles. The van der Waals surface area contributed by atoms with Gasteiger partial charge in [0.15, 0.2) is 0 Å². The van der Waals surface area contributed by atoms with Crippen LogP contribution in [0.4, 0.5) is 11.4 Å². The Bertz CT molecular complexity index is 897. The van der Waals surface area contributed by atoms with Crippen molar-refractivity contribution in [2.75, 3.05) is 23.7 Å². The number of carbonyl (C=O) groups excluding carboxylic acids is 3. The fourth-order valence-electron chi connectivity index (χ4n) is 3.33. The second-order valence-electron chi connectivity index (χ2n) is 7.38. The van der Waals surface area contributed by atoms with E-state index < -0.39 is 0 Å². The SMILES string of the molecule is O=C(Nc1ccc(C(=O)N2CCCC2)cc1)c1cccc(NC(=O)C2CC2)c1. The third kappa shape index (κ3) is 4.22. The molecule has 6 nitrogen and oxygen atoms in total. The molecule has 2 N–H and O–H groups in total. The lowest BCUT2D eigenvalue weighted by Crippen LogP contribution is -2.27. The Balaban J connectivity index is 1.39. The van der Waals surface area contributed by atoms with Crippen LogP contribution in [0.1, 0.15) is 46.4 Å². The van der Waals surface area contributed by atoms with Gasteiger partial charge in [0.1, 0.15) is 0 Å². The topological polar surface area (TPSA) is 78.5 Å². The summed E-state index contributed by atoms with van der Waals surface area (Å²) in [5, 5.41) is 5.68. The maximum absolute atomic E-state index is 12.5. The second kappa shape index (κ2) is 7.84. The van der Waals surface area contributed by atoms with Crippen LogP contribution < -0.4 is 10.6 Å². The molecule has 0 spiro atoms. The van der Waals surface area contributed by atoms with Crippen LogP contribution in [0.5, 0.6) is 0 Å². The summed E-state index contributed by atoms with van der Waals surface area (Å²) in [6, 6.07) is 13.8. The third-order valence-electron chi connectivity index (χ3n) is 5.12. The molecule has 0 aromatic heterocycles. The Labute approximate surface area is 163 Å². The smallest absolute Gasteiger partial charge is 0.255 e. The molecule has 4 rings (SSSR count). The van der Waals surface area contributed by atoms with Crippen LogP contribution in [-0.2, 0) is 4.79 Å². The third-order valence-corrected chi connectivity index (χ3v) is 5.12. The van der Waals surface area contributed by atoms with Gasteiger partial charge in [-0.05, 0) is 68.1 Å². The zero-order chi connectivity index (χ0) is 19.5. The number of benzene rings is 2. The summed E-state index contributed by atoms with van der Waals surface area (Å²) in [5.41, 5.74) is 2.34. The number of anilines is 2. The average Bonchev–Trinajstić information content (AvgIpc) is 3.43. The average molecular weight is 377 g/mol. The van der Waals surface area contributed by atoms with Gasteiger partial charge in [0.2, 0.25) is 5.91 Å². The van der Waals surface area contributed by atoms with Crippen molar-refractivity contribution in [1.82, 2.24) is 4.90 Å². The van der Waals surface area contributed by atoms with Gasteiger partial charge in [-0.2, -0.15) is 0 Å². The zero-order valence-corrected chi connectivity index (χ0v) is 15.6. The summed E-state index contributed by atoms with van der Waals surface area (Å²) in [4.78, 5) is 38.7. The minimum Gasteiger partial charge on any atom is -0.339 e. The van der Waals surface area contributed by atoms with Crippen molar-refractivity contribution in [2.24, 2.45) is 5.92 Å².